The maximum atomic E-state index is 12.6. The molecule has 3 aromatic rings. The van der Waals surface area contributed by atoms with Gasteiger partial charge in [-0.05, 0) is 69.9 Å². The predicted octanol–water partition coefficient (Wildman–Crippen LogP) is 4.18. The lowest BCUT2D eigenvalue weighted by atomic mass is 10.1. The largest absolute Gasteiger partial charge is 0.350 e. The summed E-state index contributed by atoms with van der Waals surface area (Å²) in [4.78, 5) is 14.7. The van der Waals surface area contributed by atoms with E-state index in [1.165, 1.54) is 0 Å². The molecular formula is C22H25ClN4O. The third kappa shape index (κ3) is 4.43. The zero-order valence-electron chi connectivity index (χ0n) is 16.6. The first-order valence-corrected chi connectivity index (χ1v) is 9.57. The fourth-order valence-electron chi connectivity index (χ4n) is 3.25. The van der Waals surface area contributed by atoms with E-state index in [2.05, 4.69) is 10.4 Å². The number of nitrogens with one attached hydrogen (secondary N) is 1. The van der Waals surface area contributed by atoms with Crippen LogP contribution in [0.4, 0.5) is 0 Å². The van der Waals surface area contributed by atoms with Crippen LogP contribution in [0.25, 0.3) is 5.69 Å². The monoisotopic (exact) mass is 396 g/mol. The van der Waals surface area contributed by atoms with Crippen LogP contribution in [0.1, 0.15) is 33.4 Å². The lowest BCUT2D eigenvalue weighted by Crippen LogP contribution is -2.34. The van der Waals surface area contributed by atoms with Gasteiger partial charge >= 0.3 is 0 Å². The van der Waals surface area contributed by atoms with Crippen LogP contribution >= 0.6 is 11.6 Å². The van der Waals surface area contributed by atoms with Crippen molar-refractivity contribution < 1.29 is 4.79 Å². The SMILES string of the molecule is Cc1cc(C)n(-c2ccc(C(=O)NCC(c3ccccc3Cl)N(C)C)cc2)n1. The summed E-state index contributed by atoms with van der Waals surface area (Å²) in [6.07, 6.45) is 0. The summed E-state index contributed by atoms with van der Waals surface area (Å²) < 4.78 is 1.87. The summed E-state index contributed by atoms with van der Waals surface area (Å²) in [6.45, 7) is 4.44. The standard InChI is InChI=1S/C22H25ClN4O/c1-15-13-16(2)27(25-15)18-11-9-17(10-12-18)22(28)24-14-21(26(3)4)19-7-5-6-8-20(19)23/h5-13,21H,14H2,1-4H3,(H,24,28). The third-order valence-electron chi connectivity index (χ3n) is 4.73. The molecule has 0 saturated heterocycles. The molecule has 1 N–H and O–H groups in total. The first-order valence-electron chi connectivity index (χ1n) is 9.19. The number of amides is 1. The molecule has 0 spiro atoms. The third-order valence-corrected chi connectivity index (χ3v) is 5.07. The molecule has 3 rings (SSSR count). The number of aryl methyl sites for hydroxylation is 2. The van der Waals surface area contributed by atoms with Crippen molar-refractivity contribution in [3.05, 3.63) is 82.1 Å². The van der Waals surface area contributed by atoms with Crippen molar-refractivity contribution in [2.45, 2.75) is 19.9 Å². The Labute approximate surface area is 170 Å². The van der Waals surface area contributed by atoms with Gasteiger partial charge in [-0.1, -0.05) is 29.8 Å². The molecular weight excluding hydrogens is 372 g/mol. The molecule has 0 aliphatic rings. The summed E-state index contributed by atoms with van der Waals surface area (Å²) >= 11 is 6.34. The van der Waals surface area contributed by atoms with Gasteiger partial charge in [0.2, 0.25) is 0 Å². The molecule has 0 bridgehead atoms. The van der Waals surface area contributed by atoms with Gasteiger partial charge in [0.25, 0.3) is 5.91 Å². The van der Waals surface area contributed by atoms with E-state index in [4.69, 9.17) is 11.6 Å². The summed E-state index contributed by atoms with van der Waals surface area (Å²) in [5.41, 5.74) is 4.57. The van der Waals surface area contributed by atoms with Gasteiger partial charge in [-0.15, -0.1) is 0 Å². The molecule has 146 valence electrons. The van der Waals surface area contributed by atoms with E-state index in [-0.39, 0.29) is 11.9 Å². The van der Waals surface area contributed by atoms with Gasteiger partial charge in [0.15, 0.2) is 0 Å². The first-order chi connectivity index (χ1) is 13.4. The quantitative estimate of drug-likeness (QED) is 0.680. The van der Waals surface area contributed by atoms with Gasteiger partial charge in [-0.2, -0.15) is 5.10 Å². The zero-order valence-corrected chi connectivity index (χ0v) is 17.4. The number of carbonyl (C=O) groups excluding carboxylic acids is 1. The van der Waals surface area contributed by atoms with Crippen LogP contribution < -0.4 is 5.32 Å². The molecule has 0 radical (unpaired) electrons. The maximum absolute atomic E-state index is 12.6. The Bertz CT molecular complexity index is 963. The number of hydrogen-bond acceptors (Lipinski definition) is 3. The van der Waals surface area contributed by atoms with Crippen LogP contribution in [0.15, 0.2) is 54.6 Å². The lowest BCUT2D eigenvalue weighted by Gasteiger charge is -2.26. The van der Waals surface area contributed by atoms with Crippen LogP contribution in [0.2, 0.25) is 5.02 Å². The molecule has 1 unspecified atom stereocenters. The maximum Gasteiger partial charge on any atom is 0.251 e. The Morgan fingerprint density at radius 2 is 1.82 bits per heavy atom. The smallest absolute Gasteiger partial charge is 0.251 e. The lowest BCUT2D eigenvalue weighted by molar-refractivity contribution is 0.0942. The summed E-state index contributed by atoms with van der Waals surface area (Å²) in [5.74, 6) is -0.112. The minimum Gasteiger partial charge on any atom is -0.350 e. The van der Waals surface area contributed by atoms with E-state index in [0.717, 1.165) is 22.6 Å². The topological polar surface area (TPSA) is 50.2 Å². The van der Waals surface area contributed by atoms with Crippen molar-refractivity contribution in [1.29, 1.82) is 0 Å². The second-order valence-corrected chi connectivity index (χ2v) is 7.50. The van der Waals surface area contributed by atoms with E-state index in [9.17, 15) is 4.79 Å². The predicted molar refractivity (Wildman–Crippen MR) is 113 cm³/mol. The normalized spacial score (nSPS) is 12.2. The Balaban J connectivity index is 1.70. The molecule has 1 heterocycles. The van der Waals surface area contributed by atoms with Gasteiger partial charge in [0, 0.05) is 22.8 Å². The van der Waals surface area contributed by atoms with E-state index in [1.54, 1.807) is 0 Å². The van der Waals surface area contributed by atoms with E-state index < -0.39 is 0 Å². The molecule has 0 aliphatic carbocycles. The van der Waals surface area contributed by atoms with E-state index >= 15 is 0 Å². The van der Waals surface area contributed by atoms with Gasteiger partial charge in [-0.25, -0.2) is 4.68 Å². The summed E-state index contributed by atoms with van der Waals surface area (Å²) in [5, 5.41) is 8.19. The highest BCUT2D eigenvalue weighted by molar-refractivity contribution is 6.31. The fourth-order valence-corrected chi connectivity index (χ4v) is 3.51. The molecule has 0 saturated carbocycles. The number of halogens is 1. The Hall–Kier alpha value is -2.63. The average molecular weight is 397 g/mol. The van der Waals surface area contributed by atoms with Crippen LogP contribution in [0.5, 0.6) is 0 Å². The Kier molecular flexibility index (Phi) is 6.17. The number of rotatable bonds is 6. The molecule has 0 aliphatic heterocycles. The molecule has 1 aromatic heterocycles. The fraction of sp³-hybridized carbons (Fsp3) is 0.273. The Morgan fingerprint density at radius 3 is 2.39 bits per heavy atom. The summed E-state index contributed by atoms with van der Waals surface area (Å²) in [6, 6.07) is 17.2. The summed E-state index contributed by atoms with van der Waals surface area (Å²) in [7, 11) is 3.95. The average Bonchev–Trinajstić information content (AvgIpc) is 3.01. The van der Waals surface area contributed by atoms with Gasteiger partial charge in [-0.3, -0.25) is 4.79 Å². The van der Waals surface area contributed by atoms with Gasteiger partial charge in [0.1, 0.15) is 0 Å². The number of nitrogens with zero attached hydrogens (tertiary/aromatic N) is 3. The van der Waals surface area contributed by atoms with E-state index in [1.807, 2.05) is 92.1 Å². The second-order valence-electron chi connectivity index (χ2n) is 7.10. The van der Waals surface area contributed by atoms with Crippen molar-refractivity contribution in [2.75, 3.05) is 20.6 Å². The first kappa shape index (κ1) is 20.1. The number of likely N-dealkylation sites (N-methyl/N-ethyl adjacent to an activating group) is 1. The van der Waals surface area contributed by atoms with Crippen molar-refractivity contribution >= 4 is 17.5 Å². The van der Waals surface area contributed by atoms with Crippen LogP contribution in [-0.4, -0.2) is 41.2 Å². The van der Waals surface area contributed by atoms with Crippen molar-refractivity contribution in [3.63, 3.8) is 0 Å². The molecule has 5 nitrogen and oxygen atoms in total. The minimum atomic E-state index is -0.112. The number of carbonyl (C=O) groups is 1. The highest BCUT2D eigenvalue weighted by Crippen LogP contribution is 2.25. The van der Waals surface area contributed by atoms with Crippen molar-refractivity contribution in [1.82, 2.24) is 20.0 Å². The molecule has 6 heteroatoms. The Morgan fingerprint density at radius 1 is 1.14 bits per heavy atom. The number of hydrogen-bond donors (Lipinski definition) is 1. The second kappa shape index (κ2) is 8.59. The molecule has 2 aromatic carbocycles. The van der Waals surface area contributed by atoms with Crippen LogP contribution in [-0.2, 0) is 0 Å². The van der Waals surface area contributed by atoms with Crippen LogP contribution in [0.3, 0.4) is 0 Å². The highest BCUT2D eigenvalue weighted by atomic mass is 35.5. The molecule has 28 heavy (non-hydrogen) atoms. The van der Waals surface area contributed by atoms with Crippen molar-refractivity contribution in [2.24, 2.45) is 0 Å². The van der Waals surface area contributed by atoms with Gasteiger partial charge in [0.05, 0.1) is 17.4 Å². The molecule has 1 atom stereocenters. The van der Waals surface area contributed by atoms with E-state index in [0.29, 0.717) is 17.1 Å². The highest BCUT2D eigenvalue weighted by Gasteiger charge is 2.18. The number of benzene rings is 2. The molecule has 1 amide bonds. The van der Waals surface area contributed by atoms with Crippen LogP contribution in [0, 0.1) is 13.8 Å². The number of aromatic nitrogens is 2. The minimum absolute atomic E-state index is 0.00776. The molecule has 0 fully saturated rings. The van der Waals surface area contributed by atoms with Gasteiger partial charge < -0.3 is 10.2 Å². The zero-order chi connectivity index (χ0) is 20.3. The van der Waals surface area contributed by atoms with Crippen molar-refractivity contribution in [3.8, 4) is 5.69 Å².